The molecule has 3 rings (SSSR count). The lowest BCUT2D eigenvalue weighted by Gasteiger charge is -2.31. The maximum atomic E-state index is 13.2. The first-order chi connectivity index (χ1) is 18.3. The van der Waals surface area contributed by atoms with Gasteiger partial charge in [-0.3, -0.25) is 14.4 Å². The van der Waals surface area contributed by atoms with Crippen LogP contribution in [-0.2, 0) is 19.6 Å². The Morgan fingerprint density at radius 1 is 1.02 bits per heavy atom. The van der Waals surface area contributed by atoms with Gasteiger partial charge in [-0.25, -0.2) is 13.2 Å². The summed E-state index contributed by atoms with van der Waals surface area (Å²) in [5.74, 6) is -0.695. The Morgan fingerprint density at radius 2 is 1.65 bits per heavy atom. The van der Waals surface area contributed by atoms with Gasteiger partial charge >= 0.3 is 18.6 Å². The number of benzene rings is 2. The maximum Gasteiger partial charge on any atom is 0.573 e. The number of sulfonamides is 1. The molecule has 0 atom stereocenters. The molecule has 2 aromatic carbocycles. The summed E-state index contributed by atoms with van der Waals surface area (Å²) >= 11 is 0. The Morgan fingerprint density at radius 3 is 2.20 bits per heavy atom. The van der Waals surface area contributed by atoms with E-state index in [9.17, 15) is 44.3 Å². The second-order valence-corrected chi connectivity index (χ2v) is 10.3. The lowest BCUT2D eigenvalue weighted by atomic mass is 10.1. The van der Waals surface area contributed by atoms with Gasteiger partial charge < -0.3 is 19.5 Å². The molecule has 0 aliphatic carbocycles. The van der Waals surface area contributed by atoms with Gasteiger partial charge in [-0.2, -0.15) is 13.2 Å². The van der Waals surface area contributed by atoms with Crippen LogP contribution in [-0.4, -0.2) is 58.8 Å². The Kier molecular flexibility index (Phi) is 9.78. The molecule has 0 unspecified atom stereocenters. The lowest BCUT2D eigenvalue weighted by Crippen LogP contribution is -2.44. The summed E-state index contributed by atoms with van der Waals surface area (Å²) in [7, 11) is -2.83. The Bertz CT molecular complexity index is 1330. The summed E-state index contributed by atoms with van der Waals surface area (Å²) in [5, 5.41) is 4.47. The van der Waals surface area contributed by atoms with Crippen molar-refractivity contribution in [3.8, 4) is 11.5 Å². The number of anilines is 2. The van der Waals surface area contributed by atoms with Gasteiger partial charge in [0.25, 0.3) is 10.0 Å². The van der Waals surface area contributed by atoms with Crippen LogP contribution in [0.3, 0.4) is 0 Å². The summed E-state index contributed by atoms with van der Waals surface area (Å²) in [6, 6.07) is 7.37. The van der Waals surface area contributed by atoms with E-state index in [1.807, 2.05) is 0 Å². The van der Waals surface area contributed by atoms with E-state index in [-0.39, 0.29) is 36.2 Å². The summed E-state index contributed by atoms with van der Waals surface area (Å²) in [6.45, 7) is 2.44. The fourth-order valence-electron chi connectivity index (χ4n) is 2.91. The highest BCUT2D eigenvalue weighted by molar-refractivity contribution is 7.92. The summed E-state index contributed by atoms with van der Waals surface area (Å²) < 4.78 is 117. The first kappa shape index (κ1) is 32.3. The molecular weight excluding hydrogens is 576 g/mol. The molecule has 0 bridgehead atoms. The number of nitrogens with one attached hydrogen (secondary N) is 2. The third-order valence-corrected chi connectivity index (χ3v) is 6.84. The standard InChI is InChI=1S/C20H18F6N2O6S.C3H7NO/c1-18(2,19(21,22)23)34-17(29)27-12-6-7-16-15(10-12)28(8-9-32-16)35(30,31)14-5-3-4-13(11-14)33-20(24,25)26;1-3(5)4-2/h3-7,10-11H,8-9H2,1-2H3,(H,27,29);1-2H3,(H,4,5). The van der Waals surface area contributed by atoms with Gasteiger partial charge in [0.1, 0.15) is 18.1 Å². The fraction of sp³-hybridized carbons (Fsp3) is 0.391. The van der Waals surface area contributed by atoms with Crippen LogP contribution >= 0.6 is 0 Å². The molecule has 0 spiro atoms. The number of hydrogen-bond donors (Lipinski definition) is 2. The first-order valence-corrected chi connectivity index (χ1v) is 12.6. The van der Waals surface area contributed by atoms with Crippen LogP contribution in [0.25, 0.3) is 0 Å². The van der Waals surface area contributed by atoms with E-state index in [4.69, 9.17) is 4.74 Å². The highest BCUT2D eigenvalue weighted by Gasteiger charge is 2.51. The molecule has 0 saturated carbocycles. The van der Waals surface area contributed by atoms with Crippen molar-refractivity contribution >= 4 is 33.4 Å². The number of halogens is 6. The first-order valence-electron chi connectivity index (χ1n) is 11.2. The van der Waals surface area contributed by atoms with E-state index in [0.717, 1.165) is 28.6 Å². The largest absolute Gasteiger partial charge is 0.573 e. The predicted molar refractivity (Wildman–Crippen MR) is 130 cm³/mol. The van der Waals surface area contributed by atoms with E-state index in [1.54, 1.807) is 7.05 Å². The number of rotatable bonds is 5. The van der Waals surface area contributed by atoms with Crippen LogP contribution in [0, 0.1) is 0 Å². The minimum atomic E-state index is -5.04. The molecule has 1 heterocycles. The van der Waals surface area contributed by atoms with Gasteiger partial charge in [-0.1, -0.05) is 6.07 Å². The zero-order valence-corrected chi connectivity index (χ0v) is 22.3. The second-order valence-electron chi connectivity index (χ2n) is 8.46. The molecule has 2 N–H and O–H groups in total. The van der Waals surface area contributed by atoms with Crippen LogP contribution in [0.2, 0.25) is 0 Å². The smallest absolute Gasteiger partial charge is 0.489 e. The highest BCUT2D eigenvalue weighted by atomic mass is 32.2. The highest BCUT2D eigenvalue weighted by Crippen LogP contribution is 2.38. The average molecular weight is 602 g/mol. The summed E-state index contributed by atoms with van der Waals surface area (Å²) in [5.41, 5.74) is -3.02. The van der Waals surface area contributed by atoms with Crippen molar-refractivity contribution in [3.05, 3.63) is 42.5 Å². The predicted octanol–water partition coefficient (Wildman–Crippen LogP) is 4.81. The van der Waals surface area contributed by atoms with Gasteiger partial charge in [0.2, 0.25) is 11.5 Å². The molecule has 0 fully saturated rings. The van der Waals surface area contributed by atoms with Gasteiger partial charge in [-0.05, 0) is 44.2 Å². The Labute approximate surface area is 225 Å². The van der Waals surface area contributed by atoms with Crippen molar-refractivity contribution in [2.75, 3.05) is 29.8 Å². The number of hydrogen-bond acceptors (Lipinski definition) is 7. The third-order valence-electron chi connectivity index (χ3n) is 5.04. The van der Waals surface area contributed by atoms with Gasteiger partial charge in [0.15, 0.2) is 0 Å². The van der Waals surface area contributed by atoms with Gasteiger partial charge in [0, 0.05) is 25.7 Å². The van der Waals surface area contributed by atoms with E-state index in [2.05, 4.69) is 20.1 Å². The molecule has 17 heteroatoms. The van der Waals surface area contributed by atoms with Crippen LogP contribution in [0.5, 0.6) is 11.5 Å². The zero-order chi connectivity index (χ0) is 30.5. The number of amides is 2. The van der Waals surface area contributed by atoms with Crippen molar-refractivity contribution in [2.45, 2.75) is 43.8 Å². The second kappa shape index (κ2) is 12.1. The van der Waals surface area contributed by atoms with Crippen LogP contribution < -0.4 is 24.4 Å². The number of alkyl halides is 6. The number of ether oxygens (including phenoxy) is 3. The Hall–Kier alpha value is -3.89. The van der Waals surface area contributed by atoms with Gasteiger partial charge in [0.05, 0.1) is 17.1 Å². The quantitative estimate of drug-likeness (QED) is 0.472. The molecular formula is C23H25F6N3O7S. The Balaban J connectivity index is 0.00000103. The summed E-state index contributed by atoms with van der Waals surface area (Å²) in [6.07, 6.45) is -11.3. The number of fused-ring (bicyclic) bond motifs is 1. The minimum Gasteiger partial charge on any atom is -0.489 e. The molecule has 10 nitrogen and oxygen atoms in total. The lowest BCUT2D eigenvalue weighted by molar-refractivity contribution is -0.274. The number of nitrogens with zero attached hydrogens (tertiary/aromatic N) is 1. The molecule has 2 aromatic rings. The average Bonchev–Trinajstić information content (AvgIpc) is 2.82. The number of carbonyl (C=O) groups excluding carboxylic acids is 2. The fourth-order valence-corrected chi connectivity index (χ4v) is 4.40. The van der Waals surface area contributed by atoms with Crippen molar-refractivity contribution in [1.82, 2.24) is 5.32 Å². The van der Waals surface area contributed by atoms with Crippen molar-refractivity contribution in [2.24, 2.45) is 0 Å². The van der Waals surface area contributed by atoms with Crippen LogP contribution in [0.4, 0.5) is 42.5 Å². The molecule has 1 aliphatic heterocycles. The maximum absolute atomic E-state index is 13.2. The third kappa shape index (κ3) is 8.56. The molecule has 0 radical (unpaired) electrons. The van der Waals surface area contributed by atoms with E-state index >= 15 is 0 Å². The summed E-state index contributed by atoms with van der Waals surface area (Å²) in [4.78, 5) is 21.2. The van der Waals surface area contributed by atoms with E-state index in [1.165, 1.54) is 19.1 Å². The zero-order valence-electron chi connectivity index (χ0n) is 21.4. The SMILES string of the molecule is CC(C)(OC(=O)Nc1ccc2c(c1)N(S(=O)(=O)c1cccc(OC(F)(F)F)c1)CCO2)C(F)(F)F.CNC(C)=O. The topological polar surface area (TPSA) is 123 Å². The molecule has 0 aromatic heterocycles. The van der Waals surface area contributed by atoms with E-state index in [0.29, 0.717) is 19.9 Å². The molecule has 0 saturated heterocycles. The number of carbonyl (C=O) groups is 2. The van der Waals surface area contributed by atoms with Crippen LogP contribution in [0.1, 0.15) is 20.8 Å². The monoisotopic (exact) mass is 601 g/mol. The molecule has 2 amide bonds. The van der Waals surface area contributed by atoms with Crippen molar-refractivity contribution in [3.63, 3.8) is 0 Å². The minimum absolute atomic E-state index is 0.00463. The molecule has 222 valence electrons. The normalized spacial score (nSPS) is 13.6. The van der Waals surface area contributed by atoms with E-state index < -0.39 is 44.9 Å². The van der Waals surface area contributed by atoms with Crippen molar-refractivity contribution in [1.29, 1.82) is 0 Å². The van der Waals surface area contributed by atoms with Gasteiger partial charge in [-0.15, -0.1) is 13.2 Å². The molecule has 1 aliphatic rings. The van der Waals surface area contributed by atoms with Crippen LogP contribution in [0.15, 0.2) is 47.4 Å². The molecule has 40 heavy (non-hydrogen) atoms. The van der Waals surface area contributed by atoms with Crippen molar-refractivity contribution < 1.29 is 58.6 Å².